The normalized spacial score (nSPS) is 26.2. The molecule has 1 aromatic carbocycles. The van der Waals surface area contributed by atoms with Gasteiger partial charge in [-0.1, -0.05) is 53.4 Å². The van der Waals surface area contributed by atoms with Crippen LogP contribution in [0.4, 0.5) is 5.69 Å². The number of rotatable bonds is 3. The van der Waals surface area contributed by atoms with E-state index in [4.69, 9.17) is 4.99 Å². The lowest BCUT2D eigenvalue weighted by Crippen LogP contribution is -2.50. The molecule has 4 nitrogen and oxygen atoms in total. The van der Waals surface area contributed by atoms with Gasteiger partial charge in [0.05, 0.1) is 6.04 Å². The molecule has 1 aliphatic heterocycles. The van der Waals surface area contributed by atoms with Gasteiger partial charge in [-0.05, 0) is 44.0 Å². The van der Waals surface area contributed by atoms with Gasteiger partial charge in [0.2, 0.25) is 5.91 Å². The summed E-state index contributed by atoms with van der Waals surface area (Å²) in [6, 6.07) is 8.40. The van der Waals surface area contributed by atoms with Crippen molar-refractivity contribution in [2.24, 2.45) is 4.99 Å². The zero-order valence-electron chi connectivity index (χ0n) is 15.8. The fraction of sp³-hybridized carbons (Fsp3) is 0.600. The number of aliphatic imine (C=N–C) groups is 1. The first kappa shape index (κ1) is 19.7. The van der Waals surface area contributed by atoms with E-state index in [9.17, 15) is 4.79 Å². The van der Waals surface area contributed by atoms with Crippen LogP contribution in [0.5, 0.6) is 0 Å². The Balaban J connectivity index is 1.84. The SMILES string of the molecule is CC(=O)N(c1ccc(Br)cc1)C1C(C)SC(=NC2CCCCCC2)N1C. The topological polar surface area (TPSA) is 35.9 Å². The highest BCUT2D eigenvalue weighted by Crippen LogP contribution is 2.36. The Hall–Kier alpha value is -1.01. The van der Waals surface area contributed by atoms with Crippen molar-refractivity contribution in [2.75, 3.05) is 11.9 Å². The summed E-state index contributed by atoms with van der Waals surface area (Å²) >= 11 is 5.27. The predicted octanol–water partition coefficient (Wildman–Crippen LogP) is 5.27. The van der Waals surface area contributed by atoms with E-state index in [2.05, 4.69) is 34.8 Å². The minimum absolute atomic E-state index is 0.0109. The van der Waals surface area contributed by atoms with Gasteiger partial charge in [0.15, 0.2) is 5.17 Å². The van der Waals surface area contributed by atoms with Gasteiger partial charge in [-0.25, -0.2) is 0 Å². The summed E-state index contributed by atoms with van der Waals surface area (Å²) in [6.07, 6.45) is 7.62. The molecule has 2 unspecified atom stereocenters. The molecule has 2 aliphatic rings. The Labute approximate surface area is 169 Å². The molecule has 1 aliphatic carbocycles. The first-order chi connectivity index (χ1) is 12.5. The lowest BCUT2D eigenvalue weighted by molar-refractivity contribution is -0.117. The molecule has 0 aromatic heterocycles. The van der Waals surface area contributed by atoms with Crippen LogP contribution in [0.25, 0.3) is 0 Å². The maximum absolute atomic E-state index is 12.5. The van der Waals surface area contributed by atoms with E-state index in [0.29, 0.717) is 6.04 Å². The second-order valence-electron chi connectivity index (χ2n) is 7.27. The number of halogens is 1. The second kappa shape index (κ2) is 8.79. The Morgan fingerprint density at radius 2 is 1.81 bits per heavy atom. The van der Waals surface area contributed by atoms with Crippen molar-refractivity contribution >= 4 is 44.5 Å². The van der Waals surface area contributed by atoms with Crippen LogP contribution < -0.4 is 4.90 Å². The Morgan fingerprint density at radius 1 is 1.19 bits per heavy atom. The highest BCUT2D eigenvalue weighted by molar-refractivity contribution is 9.10. The summed E-state index contributed by atoms with van der Waals surface area (Å²) in [7, 11) is 2.07. The molecule has 0 radical (unpaired) electrons. The number of hydrogen-bond donors (Lipinski definition) is 0. The van der Waals surface area contributed by atoms with E-state index in [1.807, 2.05) is 29.2 Å². The molecule has 1 saturated carbocycles. The summed E-state index contributed by atoms with van der Waals surface area (Å²) in [4.78, 5) is 21.7. The number of hydrogen-bond acceptors (Lipinski definition) is 3. The van der Waals surface area contributed by atoms with E-state index in [-0.39, 0.29) is 17.3 Å². The quantitative estimate of drug-likeness (QED) is 0.603. The predicted molar refractivity (Wildman–Crippen MR) is 115 cm³/mol. The van der Waals surface area contributed by atoms with Crippen molar-refractivity contribution < 1.29 is 4.79 Å². The molecule has 1 saturated heterocycles. The van der Waals surface area contributed by atoms with Crippen molar-refractivity contribution in [1.29, 1.82) is 0 Å². The number of thioether (sulfide) groups is 1. The van der Waals surface area contributed by atoms with Crippen LogP contribution in [0.15, 0.2) is 33.7 Å². The van der Waals surface area contributed by atoms with Gasteiger partial charge in [0.1, 0.15) is 6.17 Å². The number of nitrogens with zero attached hydrogens (tertiary/aromatic N) is 3. The van der Waals surface area contributed by atoms with Crippen molar-refractivity contribution in [2.45, 2.75) is 69.8 Å². The molecule has 0 bridgehead atoms. The first-order valence-corrected chi connectivity index (χ1v) is 11.2. The maximum Gasteiger partial charge on any atom is 0.225 e. The average Bonchev–Trinajstić information content (AvgIpc) is 2.79. The second-order valence-corrected chi connectivity index (χ2v) is 9.53. The highest BCUT2D eigenvalue weighted by Gasteiger charge is 2.40. The molecule has 142 valence electrons. The standard InChI is InChI=1S/C20H28BrN3OS/c1-14-19(24(15(2)25)18-12-10-16(21)11-13-18)23(3)20(26-14)22-17-8-6-4-5-7-9-17/h10-14,17,19H,4-9H2,1-3H3. The number of amides is 1. The van der Waals surface area contributed by atoms with Crippen molar-refractivity contribution in [3.8, 4) is 0 Å². The molecule has 2 fully saturated rings. The third kappa shape index (κ3) is 4.45. The Bertz CT molecular complexity index is 656. The van der Waals surface area contributed by atoms with Gasteiger partial charge in [-0.2, -0.15) is 0 Å². The zero-order chi connectivity index (χ0) is 18.7. The third-order valence-corrected chi connectivity index (χ3v) is 6.98. The minimum atomic E-state index is -0.0109. The molecule has 1 amide bonds. The number of amidine groups is 1. The molecule has 0 N–H and O–H groups in total. The first-order valence-electron chi connectivity index (χ1n) is 9.50. The van der Waals surface area contributed by atoms with Gasteiger partial charge in [-0.3, -0.25) is 14.7 Å². The van der Waals surface area contributed by atoms with E-state index in [1.54, 1.807) is 18.7 Å². The monoisotopic (exact) mass is 437 g/mol. The number of carbonyl (C=O) groups excluding carboxylic acids is 1. The van der Waals surface area contributed by atoms with Crippen LogP contribution >= 0.6 is 27.7 Å². The van der Waals surface area contributed by atoms with E-state index >= 15 is 0 Å². The van der Waals surface area contributed by atoms with Gasteiger partial charge in [-0.15, -0.1) is 0 Å². The van der Waals surface area contributed by atoms with Gasteiger partial charge >= 0.3 is 0 Å². The minimum Gasteiger partial charge on any atom is -0.333 e. The Morgan fingerprint density at radius 3 is 2.38 bits per heavy atom. The number of carbonyl (C=O) groups is 1. The maximum atomic E-state index is 12.5. The summed E-state index contributed by atoms with van der Waals surface area (Å²) in [5, 5.41) is 1.36. The number of anilines is 1. The zero-order valence-corrected chi connectivity index (χ0v) is 18.2. The third-order valence-electron chi connectivity index (χ3n) is 5.24. The average molecular weight is 438 g/mol. The summed E-state index contributed by atoms with van der Waals surface area (Å²) in [6.45, 7) is 3.84. The largest absolute Gasteiger partial charge is 0.333 e. The molecule has 6 heteroatoms. The highest BCUT2D eigenvalue weighted by atomic mass is 79.9. The lowest BCUT2D eigenvalue weighted by atomic mass is 10.1. The molecule has 2 atom stereocenters. The van der Waals surface area contributed by atoms with Gasteiger partial charge < -0.3 is 4.90 Å². The molecule has 1 heterocycles. The van der Waals surface area contributed by atoms with Crippen molar-refractivity contribution in [3.63, 3.8) is 0 Å². The smallest absolute Gasteiger partial charge is 0.225 e. The molecular formula is C20H28BrN3OS. The fourth-order valence-electron chi connectivity index (χ4n) is 3.91. The van der Waals surface area contributed by atoms with E-state index in [1.165, 1.54) is 38.5 Å². The van der Waals surface area contributed by atoms with Gasteiger partial charge in [0, 0.05) is 29.4 Å². The van der Waals surface area contributed by atoms with E-state index < -0.39 is 0 Å². The van der Waals surface area contributed by atoms with Crippen LogP contribution in [0.3, 0.4) is 0 Å². The van der Waals surface area contributed by atoms with Crippen LogP contribution in [-0.4, -0.2) is 40.5 Å². The molecule has 26 heavy (non-hydrogen) atoms. The number of benzene rings is 1. The molecule has 3 rings (SSSR count). The van der Waals surface area contributed by atoms with Crippen molar-refractivity contribution in [1.82, 2.24) is 4.90 Å². The summed E-state index contributed by atoms with van der Waals surface area (Å²) in [5.74, 6) is 0.0624. The Kier molecular flexibility index (Phi) is 6.67. The molecule has 0 spiro atoms. The van der Waals surface area contributed by atoms with Crippen LogP contribution in [0.1, 0.15) is 52.4 Å². The van der Waals surface area contributed by atoms with Crippen molar-refractivity contribution in [3.05, 3.63) is 28.7 Å². The van der Waals surface area contributed by atoms with Crippen LogP contribution in [0.2, 0.25) is 0 Å². The summed E-state index contributed by atoms with van der Waals surface area (Å²) < 4.78 is 1.02. The lowest BCUT2D eigenvalue weighted by Gasteiger charge is -2.35. The van der Waals surface area contributed by atoms with Crippen LogP contribution in [0, 0.1) is 0 Å². The summed E-state index contributed by atoms with van der Waals surface area (Å²) in [5.41, 5.74) is 0.931. The van der Waals surface area contributed by atoms with Crippen LogP contribution in [-0.2, 0) is 4.79 Å². The fourth-order valence-corrected chi connectivity index (χ4v) is 5.42. The molecule has 1 aromatic rings. The van der Waals surface area contributed by atoms with Gasteiger partial charge in [0.25, 0.3) is 0 Å². The van der Waals surface area contributed by atoms with E-state index in [0.717, 1.165) is 15.3 Å². The molecular weight excluding hydrogens is 410 g/mol.